The Morgan fingerprint density at radius 3 is 2.15 bits per heavy atom. The molecule has 0 aliphatic rings. The van der Waals surface area contributed by atoms with E-state index in [-0.39, 0.29) is 5.56 Å². The SMILES string of the molecule is Cc1ccc(-n2c(O)c(C=Nc3ccc(N=Nc4ccccc4)cc3)c(=O)[nH]c2=O)c(C)c1. The molecular formula is C25H21N5O3. The molecule has 1 aromatic heterocycles. The summed E-state index contributed by atoms with van der Waals surface area (Å²) in [5.74, 6) is -0.479. The first-order chi connectivity index (χ1) is 15.9. The third-order valence-corrected chi connectivity index (χ3v) is 4.94. The molecule has 164 valence electrons. The van der Waals surface area contributed by atoms with E-state index in [2.05, 4.69) is 20.2 Å². The Bertz CT molecular complexity index is 1470. The van der Waals surface area contributed by atoms with Gasteiger partial charge < -0.3 is 5.11 Å². The van der Waals surface area contributed by atoms with Gasteiger partial charge in [-0.05, 0) is 61.9 Å². The lowest BCUT2D eigenvalue weighted by molar-refractivity contribution is 0.430. The average molecular weight is 439 g/mol. The van der Waals surface area contributed by atoms with Crippen LogP contribution in [-0.4, -0.2) is 20.9 Å². The van der Waals surface area contributed by atoms with Crippen molar-refractivity contribution in [1.82, 2.24) is 9.55 Å². The highest BCUT2D eigenvalue weighted by Gasteiger charge is 2.15. The number of aromatic hydroxyl groups is 1. The molecule has 0 atom stereocenters. The van der Waals surface area contributed by atoms with Gasteiger partial charge in [-0.2, -0.15) is 10.2 Å². The van der Waals surface area contributed by atoms with Gasteiger partial charge in [0, 0.05) is 6.21 Å². The number of azo groups is 1. The molecule has 2 N–H and O–H groups in total. The number of nitrogens with one attached hydrogen (secondary N) is 1. The number of rotatable bonds is 5. The molecule has 0 amide bonds. The summed E-state index contributed by atoms with van der Waals surface area (Å²) in [4.78, 5) is 31.2. The van der Waals surface area contributed by atoms with Crippen molar-refractivity contribution in [2.24, 2.45) is 15.2 Å². The number of hydrogen-bond acceptors (Lipinski definition) is 6. The third-order valence-electron chi connectivity index (χ3n) is 4.94. The van der Waals surface area contributed by atoms with Gasteiger partial charge >= 0.3 is 5.69 Å². The van der Waals surface area contributed by atoms with Gasteiger partial charge in [-0.25, -0.2) is 9.36 Å². The van der Waals surface area contributed by atoms with Crippen molar-refractivity contribution in [3.8, 4) is 11.6 Å². The van der Waals surface area contributed by atoms with Crippen molar-refractivity contribution < 1.29 is 5.11 Å². The van der Waals surface area contributed by atoms with Gasteiger partial charge in [0.25, 0.3) is 5.56 Å². The minimum atomic E-state index is -0.727. The predicted molar refractivity (Wildman–Crippen MR) is 128 cm³/mol. The molecule has 1 heterocycles. The molecule has 0 saturated carbocycles. The van der Waals surface area contributed by atoms with E-state index in [1.807, 2.05) is 56.3 Å². The van der Waals surface area contributed by atoms with Crippen LogP contribution >= 0.6 is 0 Å². The van der Waals surface area contributed by atoms with Crippen LogP contribution in [0.2, 0.25) is 0 Å². The predicted octanol–water partition coefficient (Wildman–Crippen LogP) is 5.01. The molecule has 0 aliphatic heterocycles. The van der Waals surface area contributed by atoms with Crippen molar-refractivity contribution in [1.29, 1.82) is 0 Å². The summed E-state index contributed by atoms with van der Waals surface area (Å²) in [5, 5.41) is 19.1. The molecule has 0 saturated heterocycles. The lowest BCUT2D eigenvalue weighted by Crippen LogP contribution is -2.31. The van der Waals surface area contributed by atoms with Gasteiger partial charge in [0.2, 0.25) is 5.88 Å². The van der Waals surface area contributed by atoms with Crippen LogP contribution in [0.1, 0.15) is 16.7 Å². The zero-order valence-electron chi connectivity index (χ0n) is 18.1. The molecule has 33 heavy (non-hydrogen) atoms. The third kappa shape index (κ3) is 4.85. The number of aliphatic imine (C=N–C) groups is 1. The number of aryl methyl sites for hydroxylation is 2. The van der Waals surface area contributed by atoms with Crippen LogP contribution in [0.5, 0.6) is 5.88 Å². The van der Waals surface area contributed by atoms with E-state index >= 15 is 0 Å². The maximum absolute atomic E-state index is 12.4. The van der Waals surface area contributed by atoms with Crippen molar-refractivity contribution in [2.75, 3.05) is 0 Å². The fourth-order valence-electron chi connectivity index (χ4n) is 3.29. The standard InChI is InChI=1S/C25H21N5O3/c1-16-8-13-22(17(2)14-16)30-24(32)21(23(31)27-25(30)33)15-26-18-9-11-20(12-10-18)29-28-19-6-4-3-5-7-19/h3-15,32H,1-2H3,(H,27,31,33). The Labute approximate surface area is 189 Å². The number of H-pyrrole nitrogens is 1. The van der Waals surface area contributed by atoms with Crippen LogP contribution in [0.4, 0.5) is 17.1 Å². The van der Waals surface area contributed by atoms with Crippen LogP contribution < -0.4 is 11.2 Å². The zero-order chi connectivity index (χ0) is 23.4. The first-order valence-electron chi connectivity index (χ1n) is 10.2. The Morgan fingerprint density at radius 1 is 0.848 bits per heavy atom. The van der Waals surface area contributed by atoms with Crippen LogP contribution in [-0.2, 0) is 0 Å². The molecule has 0 bridgehead atoms. The fraction of sp³-hybridized carbons (Fsp3) is 0.0800. The maximum atomic E-state index is 12.4. The molecular weight excluding hydrogens is 418 g/mol. The van der Waals surface area contributed by atoms with Crippen molar-refractivity contribution in [2.45, 2.75) is 13.8 Å². The van der Waals surface area contributed by atoms with Gasteiger partial charge in [0.1, 0.15) is 5.56 Å². The van der Waals surface area contributed by atoms with Gasteiger partial charge in [-0.3, -0.25) is 14.8 Å². The Morgan fingerprint density at radius 2 is 1.48 bits per heavy atom. The second-order valence-corrected chi connectivity index (χ2v) is 7.43. The molecule has 8 heteroatoms. The summed E-state index contributed by atoms with van der Waals surface area (Å²) in [7, 11) is 0. The number of aromatic nitrogens is 2. The Kier molecular flexibility index (Phi) is 6.08. The minimum Gasteiger partial charge on any atom is -0.493 e. The summed E-state index contributed by atoms with van der Waals surface area (Å²) in [6, 6.07) is 21.7. The second-order valence-electron chi connectivity index (χ2n) is 7.43. The summed E-state index contributed by atoms with van der Waals surface area (Å²) >= 11 is 0. The van der Waals surface area contributed by atoms with Crippen molar-refractivity contribution in [3.63, 3.8) is 0 Å². The smallest absolute Gasteiger partial charge is 0.335 e. The van der Waals surface area contributed by atoms with Gasteiger partial charge in [-0.1, -0.05) is 35.9 Å². The highest BCUT2D eigenvalue weighted by molar-refractivity contribution is 5.84. The van der Waals surface area contributed by atoms with E-state index in [9.17, 15) is 14.7 Å². The van der Waals surface area contributed by atoms with Crippen molar-refractivity contribution >= 4 is 23.3 Å². The molecule has 8 nitrogen and oxygen atoms in total. The first-order valence-corrected chi connectivity index (χ1v) is 10.2. The Hall–Kier alpha value is -4.59. The first kappa shape index (κ1) is 21.6. The highest BCUT2D eigenvalue weighted by Crippen LogP contribution is 2.23. The number of aromatic amines is 1. The molecule has 0 unspecified atom stereocenters. The largest absolute Gasteiger partial charge is 0.493 e. The molecule has 4 aromatic rings. The van der Waals surface area contributed by atoms with E-state index in [0.29, 0.717) is 17.1 Å². The molecule has 0 fully saturated rings. The van der Waals surface area contributed by atoms with Gasteiger partial charge in [0.05, 0.1) is 22.7 Å². The summed E-state index contributed by atoms with van der Waals surface area (Å²) in [6.45, 7) is 3.75. The van der Waals surface area contributed by atoms with Gasteiger partial charge in [0.15, 0.2) is 0 Å². The average Bonchev–Trinajstić information content (AvgIpc) is 2.80. The monoisotopic (exact) mass is 439 g/mol. The fourth-order valence-corrected chi connectivity index (χ4v) is 3.29. The lowest BCUT2D eigenvalue weighted by atomic mass is 10.1. The van der Waals surface area contributed by atoms with Crippen LogP contribution in [0.15, 0.2) is 97.6 Å². The van der Waals surface area contributed by atoms with Crippen LogP contribution in [0, 0.1) is 13.8 Å². The topological polar surface area (TPSA) is 112 Å². The summed E-state index contributed by atoms with van der Waals surface area (Å²) < 4.78 is 1.06. The van der Waals surface area contributed by atoms with E-state index < -0.39 is 17.1 Å². The number of nitrogens with zero attached hydrogens (tertiary/aromatic N) is 4. The lowest BCUT2D eigenvalue weighted by Gasteiger charge is -2.12. The van der Waals surface area contributed by atoms with Gasteiger partial charge in [-0.15, -0.1) is 0 Å². The molecule has 0 spiro atoms. The van der Waals surface area contributed by atoms with E-state index in [1.54, 1.807) is 30.3 Å². The number of hydrogen-bond donors (Lipinski definition) is 2. The number of benzene rings is 3. The van der Waals surface area contributed by atoms with E-state index in [4.69, 9.17) is 0 Å². The molecule has 3 aromatic carbocycles. The zero-order valence-corrected chi connectivity index (χ0v) is 18.1. The summed E-state index contributed by atoms with van der Waals surface area (Å²) in [6.07, 6.45) is 1.23. The van der Waals surface area contributed by atoms with E-state index in [1.165, 1.54) is 6.21 Å². The summed E-state index contributed by atoms with van der Waals surface area (Å²) in [5.41, 5.74) is 2.62. The quantitative estimate of drug-likeness (QED) is 0.336. The molecule has 0 aliphatic carbocycles. The van der Waals surface area contributed by atoms with Crippen LogP contribution in [0.25, 0.3) is 5.69 Å². The molecule has 0 radical (unpaired) electrons. The maximum Gasteiger partial charge on any atom is 0.335 e. The normalized spacial score (nSPS) is 11.5. The minimum absolute atomic E-state index is 0.123. The second kappa shape index (κ2) is 9.27. The van der Waals surface area contributed by atoms with Crippen molar-refractivity contribution in [3.05, 3.63) is 110 Å². The van der Waals surface area contributed by atoms with E-state index in [0.717, 1.165) is 21.4 Å². The van der Waals surface area contributed by atoms with Crippen LogP contribution in [0.3, 0.4) is 0 Å². The highest BCUT2D eigenvalue weighted by atomic mass is 16.3. The molecule has 4 rings (SSSR count). The Balaban J connectivity index is 1.62.